The maximum Gasteiger partial charge on any atom is 0.264 e. The van der Waals surface area contributed by atoms with Crippen LogP contribution in [0.15, 0.2) is 48.7 Å². The summed E-state index contributed by atoms with van der Waals surface area (Å²) >= 11 is 13.4. The first-order valence-corrected chi connectivity index (χ1v) is 9.56. The molecule has 0 unspecified atom stereocenters. The molecule has 0 saturated heterocycles. The molecule has 0 aliphatic rings. The molecule has 0 bridgehead atoms. The summed E-state index contributed by atoms with van der Waals surface area (Å²) in [4.78, 5) is 17.3. The van der Waals surface area contributed by atoms with Crippen LogP contribution in [-0.4, -0.2) is 24.6 Å². The number of rotatable bonds is 7. The molecule has 1 heterocycles. The highest BCUT2D eigenvalue weighted by Gasteiger charge is 2.11. The first-order valence-electron chi connectivity index (χ1n) is 7.99. The van der Waals surface area contributed by atoms with Crippen LogP contribution in [0, 0.1) is 0 Å². The molecular formula is C19H16Cl2N2O3S. The van der Waals surface area contributed by atoms with E-state index in [4.69, 9.17) is 32.7 Å². The van der Waals surface area contributed by atoms with Gasteiger partial charge in [-0.3, -0.25) is 10.1 Å². The van der Waals surface area contributed by atoms with Gasteiger partial charge in [0.05, 0.1) is 12.1 Å². The minimum Gasteiger partial charge on any atom is -0.497 e. The molecular weight excluding hydrogens is 407 g/mol. The van der Waals surface area contributed by atoms with Gasteiger partial charge in [-0.25, -0.2) is 4.98 Å². The Balaban J connectivity index is 1.53. The molecule has 140 valence electrons. The first kappa shape index (κ1) is 19.5. The summed E-state index contributed by atoms with van der Waals surface area (Å²) in [5.41, 5.74) is 1.14. The van der Waals surface area contributed by atoms with Crippen molar-refractivity contribution in [3.8, 4) is 11.5 Å². The fourth-order valence-electron chi connectivity index (χ4n) is 2.29. The van der Waals surface area contributed by atoms with Crippen molar-refractivity contribution in [3.63, 3.8) is 0 Å². The van der Waals surface area contributed by atoms with Crippen molar-refractivity contribution in [1.29, 1.82) is 0 Å². The van der Waals surface area contributed by atoms with Crippen LogP contribution in [0.5, 0.6) is 11.5 Å². The third kappa shape index (κ3) is 5.35. The molecule has 3 aromatic rings. The fourth-order valence-corrected chi connectivity index (χ4v) is 3.50. The van der Waals surface area contributed by atoms with E-state index >= 15 is 0 Å². The third-order valence-electron chi connectivity index (χ3n) is 3.61. The van der Waals surface area contributed by atoms with Crippen LogP contribution in [0.4, 0.5) is 5.13 Å². The van der Waals surface area contributed by atoms with Gasteiger partial charge < -0.3 is 9.47 Å². The van der Waals surface area contributed by atoms with E-state index in [0.29, 0.717) is 15.9 Å². The Morgan fingerprint density at radius 1 is 1.19 bits per heavy atom. The lowest BCUT2D eigenvalue weighted by Crippen LogP contribution is -2.20. The van der Waals surface area contributed by atoms with Crippen molar-refractivity contribution in [2.75, 3.05) is 19.0 Å². The van der Waals surface area contributed by atoms with E-state index in [1.54, 1.807) is 31.5 Å². The number of benzene rings is 2. The summed E-state index contributed by atoms with van der Waals surface area (Å²) in [6.07, 6.45) is 2.48. The Morgan fingerprint density at radius 2 is 1.96 bits per heavy atom. The molecule has 0 spiro atoms. The van der Waals surface area contributed by atoms with Gasteiger partial charge in [0.2, 0.25) is 0 Å². The monoisotopic (exact) mass is 422 g/mol. The maximum absolute atomic E-state index is 12.1. The molecule has 1 amide bonds. The number of nitrogens with zero attached hydrogens (tertiary/aromatic N) is 1. The van der Waals surface area contributed by atoms with Crippen LogP contribution in [0.25, 0.3) is 0 Å². The number of amides is 1. The zero-order chi connectivity index (χ0) is 19.2. The number of ether oxygens (including phenoxy) is 2. The fraction of sp³-hybridized carbons (Fsp3) is 0.158. The molecule has 0 atom stereocenters. The van der Waals surface area contributed by atoms with Gasteiger partial charge in [-0.1, -0.05) is 41.4 Å². The maximum atomic E-state index is 12.1. The molecule has 0 saturated carbocycles. The molecule has 8 heteroatoms. The molecule has 1 N–H and O–H groups in total. The van der Waals surface area contributed by atoms with Crippen LogP contribution in [0.3, 0.4) is 0 Å². The Bertz CT molecular complexity index is 929. The summed E-state index contributed by atoms with van der Waals surface area (Å²) < 4.78 is 10.6. The third-order valence-corrected chi connectivity index (χ3v) is 5.33. The largest absolute Gasteiger partial charge is 0.497 e. The van der Waals surface area contributed by atoms with Crippen molar-refractivity contribution < 1.29 is 14.3 Å². The number of hydrogen-bond donors (Lipinski definition) is 1. The predicted molar refractivity (Wildman–Crippen MR) is 109 cm³/mol. The number of carbonyl (C=O) groups is 1. The second-order valence-corrected chi connectivity index (χ2v) is 7.45. The van der Waals surface area contributed by atoms with Crippen LogP contribution in [-0.2, 0) is 11.2 Å². The van der Waals surface area contributed by atoms with Crippen LogP contribution in [0.2, 0.25) is 10.0 Å². The van der Waals surface area contributed by atoms with Gasteiger partial charge in [-0.15, -0.1) is 11.3 Å². The Kier molecular flexibility index (Phi) is 6.55. The van der Waals surface area contributed by atoms with Gasteiger partial charge in [0.25, 0.3) is 5.91 Å². The average Bonchev–Trinajstić information content (AvgIpc) is 3.10. The van der Waals surface area contributed by atoms with E-state index in [0.717, 1.165) is 22.6 Å². The molecule has 2 aromatic carbocycles. The molecule has 0 radical (unpaired) electrons. The minimum absolute atomic E-state index is 0.187. The lowest BCUT2D eigenvalue weighted by Gasteiger charge is -2.08. The van der Waals surface area contributed by atoms with Crippen LogP contribution in [0.1, 0.15) is 10.4 Å². The standard InChI is InChI=1S/C19H16Cl2N2O3S/c1-25-13-7-5-12(6-8-13)9-14-10-22-19(27-14)23-17(24)11-26-16-4-2-3-15(20)18(16)21/h2-8,10H,9,11H2,1H3,(H,22,23,24). The summed E-state index contributed by atoms with van der Waals surface area (Å²) in [7, 11) is 1.64. The highest BCUT2D eigenvalue weighted by atomic mass is 35.5. The molecule has 27 heavy (non-hydrogen) atoms. The molecule has 0 aliphatic carbocycles. The molecule has 5 nitrogen and oxygen atoms in total. The number of nitrogens with one attached hydrogen (secondary N) is 1. The summed E-state index contributed by atoms with van der Waals surface area (Å²) in [6.45, 7) is -0.187. The van der Waals surface area contributed by atoms with Gasteiger partial charge in [-0.2, -0.15) is 0 Å². The number of hydrogen-bond acceptors (Lipinski definition) is 5. The van der Waals surface area contributed by atoms with Gasteiger partial charge >= 0.3 is 0 Å². The summed E-state index contributed by atoms with van der Waals surface area (Å²) in [5, 5.41) is 3.89. The quantitative estimate of drug-likeness (QED) is 0.577. The number of aromatic nitrogens is 1. The average molecular weight is 423 g/mol. The normalized spacial score (nSPS) is 10.5. The van der Waals surface area contributed by atoms with E-state index in [1.807, 2.05) is 24.3 Å². The van der Waals surface area contributed by atoms with E-state index < -0.39 is 0 Å². The lowest BCUT2D eigenvalue weighted by molar-refractivity contribution is -0.118. The number of methoxy groups -OCH3 is 1. The van der Waals surface area contributed by atoms with Gasteiger partial charge in [0, 0.05) is 17.5 Å². The van der Waals surface area contributed by atoms with Gasteiger partial charge in [-0.05, 0) is 29.8 Å². The van der Waals surface area contributed by atoms with Gasteiger partial charge in [0.15, 0.2) is 11.7 Å². The van der Waals surface area contributed by atoms with Crippen LogP contribution >= 0.6 is 34.5 Å². The Morgan fingerprint density at radius 3 is 2.70 bits per heavy atom. The zero-order valence-corrected chi connectivity index (χ0v) is 16.7. The van der Waals surface area contributed by atoms with Gasteiger partial charge in [0.1, 0.15) is 16.5 Å². The molecule has 0 aliphatic heterocycles. The smallest absolute Gasteiger partial charge is 0.264 e. The number of halogens is 2. The first-order chi connectivity index (χ1) is 13.0. The van der Waals surface area contributed by atoms with E-state index in [-0.39, 0.29) is 17.5 Å². The predicted octanol–water partition coefficient (Wildman–Crippen LogP) is 5.07. The SMILES string of the molecule is COc1ccc(Cc2cnc(NC(=O)COc3cccc(Cl)c3Cl)s2)cc1. The van der Waals surface area contributed by atoms with Crippen molar-refractivity contribution in [2.24, 2.45) is 0 Å². The summed E-state index contributed by atoms with van der Waals surface area (Å²) in [5.74, 6) is 0.853. The summed E-state index contributed by atoms with van der Waals surface area (Å²) in [6, 6.07) is 12.8. The van der Waals surface area contributed by atoms with Crippen molar-refractivity contribution in [1.82, 2.24) is 4.98 Å². The number of thiazole rings is 1. The van der Waals surface area contributed by atoms with Crippen molar-refractivity contribution >= 4 is 45.6 Å². The Hall–Kier alpha value is -2.28. The van der Waals surface area contributed by atoms with E-state index in [2.05, 4.69) is 10.3 Å². The molecule has 3 rings (SSSR count). The van der Waals surface area contributed by atoms with Crippen molar-refractivity contribution in [3.05, 3.63) is 69.1 Å². The van der Waals surface area contributed by atoms with E-state index in [9.17, 15) is 4.79 Å². The highest BCUT2D eigenvalue weighted by molar-refractivity contribution is 7.15. The Labute approximate surface area is 170 Å². The topological polar surface area (TPSA) is 60.5 Å². The zero-order valence-electron chi connectivity index (χ0n) is 14.4. The molecule has 1 aromatic heterocycles. The van der Waals surface area contributed by atoms with E-state index in [1.165, 1.54) is 11.3 Å². The number of carbonyl (C=O) groups excluding carboxylic acids is 1. The second kappa shape index (κ2) is 9.08. The van der Waals surface area contributed by atoms with Crippen LogP contribution < -0.4 is 14.8 Å². The highest BCUT2D eigenvalue weighted by Crippen LogP contribution is 2.31. The second-order valence-electron chi connectivity index (χ2n) is 5.55. The lowest BCUT2D eigenvalue weighted by atomic mass is 10.1. The molecule has 0 fully saturated rings. The number of anilines is 1. The van der Waals surface area contributed by atoms with Crippen molar-refractivity contribution in [2.45, 2.75) is 6.42 Å². The minimum atomic E-state index is -0.323.